The van der Waals surface area contributed by atoms with Gasteiger partial charge in [-0.25, -0.2) is 0 Å². The van der Waals surface area contributed by atoms with E-state index in [9.17, 15) is 0 Å². The van der Waals surface area contributed by atoms with Crippen LogP contribution < -0.4 is 0 Å². The van der Waals surface area contributed by atoms with Gasteiger partial charge in [0.2, 0.25) is 0 Å². The molecule has 1 unspecified atom stereocenters. The molecule has 0 nitrogen and oxygen atoms in total. The van der Waals surface area contributed by atoms with E-state index < -0.39 is 0 Å². The van der Waals surface area contributed by atoms with Gasteiger partial charge in [-0.1, -0.05) is 0 Å². The first kappa shape index (κ1) is 10.6. The van der Waals surface area contributed by atoms with Crippen LogP contribution in [0.25, 0.3) is 0 Å². The summed E-state index contributed by atoms with van der Waals surface area (Å²) >= 11 is 2.26. The molecule has 0 heterocycles. The van der Waals surface area contributed by atoms with Crippen molar-refractivity contribution in [2.24, 2.45) is 11.3 Å². The fourth-order valence-electron chi connectivity index (χ4n) is 1.64. The normalized spacial score (nSPS) is 15.4. The summed E-state index contributed by atoms with van der Waals surface area (Å²) in [6.07, 6.45) is 2.75. The number of hydrogen-bond donors (Lipinski definition) is 0. The summed E-state index contributed by atoms with van der Waals surface area (Å²) in [5.74, 6) is 0.907. The van der Waals surface area contributed by atoms with Gasteiger partial charge in [0.25, 0.3) is 0 Å². The Kier molecular flexibility index (Phi) is 4.74. The van der Waals surface area contributed by atoms with Gasteiger partial charge in [-0.15, -0.1) is 0 Å². The molecule has 0 aliphatic carbocycles. The topological polar surface area (TPSA) is 0 Å². The number of rotatable bonds is 3. The Morgan fingerprint density at radius 2 is 1.80 bits per heavy atom. The zero-order valence-electron chi connectivity index (χ0n) is 8.20. The second kappa shape index (κ2) is 4.47. The minimum absolute atomic E-state index is 0.522. The molecule has 0 saturated heterocycles. The van der Waals surface area contributed by atoms with Gasteiger partial charge in [-0.3, -0.25) is 0 Å². The van der Waals surface area contributed by atoms with Crippen molar-refractivity contribution in [3.05, 3.63) is 0 Å². The molecule has 1 atom stereocenters. The van der Waals surface area contributed by atoms with Crippen LogP contribution >= 0.6 is 0 Å². The van der Waals surface area contributed by atoms with Crippen LogP contribution in [-0.2, 0) is 0 Å². The zero-order valence-corrected chi connectivity index (χ0v) is 8.20. The van der Waals surface area contributed by atoms with E-state index in [1.807, 2.05) is 0 Å². The molecule has 0 aliphatic heterocycles. The van der Waals surface area contributed by atoms with Gasteiger partial charge in [0.05, 0.1) is 0 Å². The molecule has 0 aromatic carbocycles. The molecule has 0 fully saturated rings. The van der Waals surface area contributed by atoms with Crippen molar-refractivity contribution in [3.63, 3.8) is 0 Å². The Morgan fingerprint density at radius 1 is 1.30 bits per heavy atom. The van der Waals surface area contributed by atoms with Gasteiger partial charge < -0.3 is 0 Å². The second-order valence-electron chi connectivity index (χ2n) is 4.66. The van der Waals surface area contributed by atoms with Crippen molar-refractivity contribution < 1.29 is 0 Å². The Bertz CT molecular complexity index is 81.2. The van der Waals surface area contributed by atoms with Crippen LogP contribution in [0.15, 0.2) is 0 Å². The van der Waals surface area contributed by atoms with E-state index in [0.29, 0.717) is 5.41 Å². The fourth-order valence-corrected chi connectivity index (χ4v) is 1.64. The summed E-state index contributed by atoms with van der Waals surface area (Å²) in [6, 6.07) is 0. The first-order chi connectivity index (χ1) is 4.45. The van der Waals surface area contributed by atoms with Crippen LogP contribution in [-0.4, -0.2) is 17.7 Å². The van der Waals surface area contributed by atoms with Gasteiger partial charge in [0.15, 0.2) is 0 Å². The van der Waals surface area contributed by atoms with Crippen molar-refractivity contribution in [3.8, 4) is 0 Å². The minimum atomic E-state index is 0.522. The van der Waals surface area contributed by atoms with E-state index in [4.69, 9.17) is 0 Å². The molecule has 0 bridgehead atoms. The molecule has 0 N–H and O–H groups in total. The van der Waals surface area contributed by atoms with E-state index in [-0.39, 0.29) is 0 Å². The van der Waals surface area contributed by atoms with Crippen molar-refractivity contribution in [1.29, 1.82) is 0 Å². The first-order valence-electron chi connectivity index (χ1n) is 4.45. The summed E-state index contributed by atoms with van der Waals surface area (Å²) in [7, 11) is 0. The van der Waals surface area contributed by atoms with Crippen molar-refractivity contribution in [1.82, 2.24) is 0 Å². The van der Waals surface area contributed by atoms with Gasteiger partial charge in [0, 0.05) is 0 Å². The molecule has 1 heteroatoms. The van der Waals surface area contributed by atoms with E-state index in [1.54, 1.807) is 0 Å². The molecule has 0 aromatic heterocycles. The molecule has 56 valence electrons. The van der Waals surface area contributed by atoms with Crippen LogP contribution in [0.5, 0.6) is 0 Å². The maximum atomic E-state index is 2.36. The van der Waals surface area contributed by atoms with Crippen molar-refractivity contribution >= 4 is 17.7 Å². The van der Waals surface area contributed by atoms with Gasteiger partial charge in [-0.2, -0.15) is 0 Å². The third-order valence-corrected chi connectivity index (χ3v) is 1.74. The van der Waals surface area contributed by atoms with Crippen LogP contribution in [0.2, 0.25) is 5.09 Å². The van der Waals surface area contributed by atoms with Gasteiger partial charge >= 0.3 is 74.7 Å². The van der Waals surface area contributed by atoms with Crippen LogP contribution in [0.3, 0.4) is 0 Å². The molecule has 0 spiro atoms. The fraction of sp³-hybridized carbons (Fsp3) is 1.00. The molecular weight excluding hydrogens is 115 g/mol. The molecule has 10 heavy (non-hydrogen) atoms. The van der Waals surface area contributed by atoms with E-state index >= 15 is 0 Å². The number of hydrogen-bond acceptors (Lipinski definition) is 0. The average Bonchev–Trinajstić information content (AvgIpc) is 1.59. The molecule has 0 radical (unpaired) electrons. The summed E-state index contributed by atoms with van der Waals surface area (Å²) in [5, 5.41) is 1.33. The molecular formula is C9H19Li. The summed E-state index contributed by atoms with van der Waals surface area (Å²) in [5.41, 5.74) is 0.522. The standard InChI is InChI=1S/C9H19.Li/c1-6-8(2)7-9(3,4)5;/h8H,1,6-7H2,2-5H3;. The van der Waals surface area contributed by atoms with Crippen molar-refractivity contribution in [2.45, 2.75) is 45.6 Å². The molecule has 0 rings (SSSR count). The predicted octanol–water partition coefficient (Wildman–Crippen LogP) is 3.04. The quantitative estimate of drug-likeness (QED) is 0.520. The summed E-state index contributed by atoms with van der Waals surface area (Å²) in [4.78, 5) is 0. The van der Waals surface area contributed by atoms with E-state index in [1.165, 1.54) is 17.9 Å². The predicted molar refractivity (Wildman–Crippen MR) is 48.4 cm³/mol. The van der Waals surface area contributed by atoms with Crippen molar-refractivity contribution in [2.75, 3.05) is 0 Å². The first-order valence-corrected chi connectivity index (χ1v) is 4.45. The third kappa shape index (κ3) is 6.71. The summed E-state index contributed by atoms with van der Waals surface area (Å²) < 4.78 is 0. The van der Waals surface area contributed by atoms with Crippen LogP contribution in [0.1, 0.15) is 40.5 Å². The van der Waals surface area contributed by atoms with Crippen LogP contribution in [0, 0.1) is 11.3 Å². The van der Waals surface area contributed by atoms with E-state index in [2.05, 4.69) is 45.4 Å². The monoisotopic (exact) mass is 134 g/mol. The Hall–Kier alpha value is 0.597. The summed E-state index contributed by atoms with van der Waals surface area (Å²) in [6.45, 7) is 9.31. The molecule has 0 saturated carbocycles. The maximum absolute atomic E-state index is 2.36. The Morgan fingerprint density at radius 3 is 2.10 bits per heavy atom. The average molecular weight is 134 g/mol. The zero-order chi connectivity index (χ0) is 8.20. The van der Waals surface area contributed by atoms with E-state index in [0.717, 1.165) is 5.92 Å². The molecule has 0 aromatic rings. The molecule has 0 aliphatic rings. The second-order valence-corrected chi connectivity index (χ2v) is 4.66. The van der Waals surface area contributed by atoms with Gasteiger partial charge in [0.1, 0.15) is 0 Å². The van der Waals surface area contributed by atoms with Gasteiger partial charge in [-0.05, 0) is 0 Å². The Balaban J connectivity index is 3.47. The molecule has 0 amide bonds. The third-order valence-electron chi connectivity index (χ3n) is 1.74. The Labute approximate surface area is 75.0 Å². The van der Waals surface area contributed by atoms with Crippen LogP contribution in [0.4, 0.5) is 0 Å². The SMILES string of the molecule is [Li][CH2]CC(C)CC(C)(C)C.